The summed E-state index contributed by atoms with van der Waals surface area (Å²) in [5.41, 5.74) is 0.968. The molecule has 1 aliphatic heterocycles. The lowest BCUT2D eigenvalue weighted by Crippen LogP contribution is -2.52. The number of piperazine rings is 1. The van der Waals surface area contributed by atoms with Gasteiger partial charge in [-0.1, -0.05) is 6.07 Å². The van der Waals surface area contributed by atoms with Crippen LogP contribution in [0.1, 0.15) is 18.4 Å². The lowest BCUT2D eigenvalue weighted by Gasteiger charge is -2.35. The number of hydrogen-bond acceptors (Lipinski definition) is 5. The molecule has 3 rings (SSSR count). The Hall–Kier alpha value is -2.75. The van der Waals surface area contributed by atoms with Gasteiger partial charge >= 0.3 is 0 Å². The van der Waals surface area contributed by atoms with Crippen LogP contribution in [0.15, 0.2) is 18.2 Å². The minimum absolute atomic E-state index is 0.0479. The Morgan fingerprint density at radius 1 is 1.24 bits per heavy atom. The number of nitrogens with zero attached hydrogens (tertiary/aromatic N) is 3. The summed E-state index contributed by atoms with van der Waals surface area (Å²) in [6.45, 7) is 2.38. The van der Waals surface area contributed by atoms with Crippen LogP contribution in [0, 0.1) is 17.2 Å². The number of anilines is 1. The van der Waals surface area contributed by atoms with Gasteiger partial charge in [-0.2, -0.15) is 5.26 Å². The zero-order valence-electron chi connectivity index (χ0n) is 14.3. The third-order valence-electron chi connectivity index (χ3n) is 4.65. The lowest BCUT2D eigenvalue weighted by molar-refractivity contribution is -0.139. The van der Waals surface area contributed by atoms with E-state index >= 15 is 0 Å². The van der Waals surface area contributed by atoms with E-state index in [1.165, 1.54) is 7.11 Å². The molecule has 2 aliphatic rings. The van der Waals surface area contributed by atoms with Crippen molar-refractivity contribution < 1.29 is 14.3 Å². The Morgan fingerprint density at radius 2 is 1.92 bits per heavy atom. The van der Waals surface area contributed by atoms with Crippen LogP contribution in [0.2, 0.25) is 0 Å². The molecule has 132 valence electrons. The molecule has 2 amide bonds. The highest BCUT2D eigenvalue weighted by molar-refractivity contribution is 5.84. The van der Waals surface area contributed by atoms with Crippen molar-refractivity contribution in [2.45, 2.75) is 12.8 Å². The fraction of sp³-hybridized carbons (Fsp3) is 0.500. The second-order valence-electron chi connectivity index (χ2n) is 6.33. The van der Waals surface area contributed by atoms with E-state index in [0.717, 1.165) is 12.8 Å². The molecule has 0 aromatic heterocycles. The lowest BCUT2D eigenvalue weighted by atomic mass is 10.1. The molecule has 1 N–H and O–H groups in total. The zero-order chi connectivity index (χ0) is 17.8. The van der Waals surface area contributed by atoms with Crippen LogP contribution in [0.5, 0.6) is 5.75 Å². The maximum atomic E-state index is 12.4. The number of para-hydroxylation sites is 1. The second kappa shape index (κ2) is 7.43. The van der Waals surface area contributed by atoms with Crippen LogP contribution in [-0.2, 0) is 9.59 Å². The van der Waals surface area contributed by atoms with E-state index in [2.05, 4.69) is 11.4 Å². The van der Waals surface area contributed by atoms with Crippen LogP contribution < -0.4 is 10.1 Å². The van der Waals surface area contributed by atoms with Gasteiger partial charge in [0, 0.05) is 32.1 Å². The quantitative estimate of drug-likeness (QED) is 0.865. The first-order valence-corrected chi connectivity index (χ1v) is 8.51. The van der Waals surface area contributed by atoms with Crippen molar-refractivity contribution in [3.05, 3.63) is 23.8 Å². The second-order valence-corrected chi connectivity index (χ2v) is 6.33. The number of nitrogens with one attached hydrogen (secondary N) is 1. The molecule has 2 fully saturated rings. The summed E-state index contributed by atoms with van der Waals surface area (Å²) < 4.78 is 5.25. The third kappa shape index (κ3) is 3.85. The van der Waals surface area contributed by atoms with E-state index in [1.807, 2.05) is 4.90 Å². The van der Waals surface area contributed by atoms with Crippen molar-refractivity contribution in [1.29, 1.82) is 5.26 Å². The molecule has 1 aromatic rings. The van der Waals surface area contributed by atoms with Gasteiger partial charge in [0.15, 0.2) is 0 Å². The van der Waals surface area contributed by atoms with E-state index in [9.17, 15) is 14.9 Å². The molecule has 0 radical (unpaired) electrons. The highest BCUT2D eigenvalue weighted by Crippen LogP contribution is 2.31. The van der Waals surface area contributed by atoms with Gasteiger partial charge in [-0.3, -0.25) is 9.59 Å². The predicted molar refractivity (Wildman–Crippen MR) is 92.1 cm³/mol. The smallest absolute Gasteiger partial charge is 0.241 e. The molecule has 0 unspecified atom stereocenters. The summed E-state index contributed by atoms with van der Waals surface area (Å²) in [5.74, 6) is 0.941. The van der Waals surface area contributed by atoms with Crippen molar-refractivity contribution >= 4 is 17.5 Å². The average Bonchev–Trinajstić information content (AvgIpc) is 3.50. The SMILES string of the molecule is COc1cccc(C#N)c1NCC(=O)N1CCN(C(=O)C2CC2)CC1. The van der Waals surface area contributed by atoms with Gasteiger partial charge in [-0.25, -0.2) is 0 Å². The first-order valence-electron chi connectivity index (χ1n) is 8.51. The van der Waals surface area contributed by atoms with E-state index in [-0.39, 0.29) is 24.3 Å². The molecular weight excluding hydrogens is 320 g/mol. The van der Waals surface area contributed by atoms with Gasteiger partial charge in [0.05, 0.1) is 24.9 Å². The van der Waals surface area contributed by atoms with Crippen molar-refractivity contribution in [1.82, 2.24) is 9.80 Å². The van der Waals surface area contributed by atoms with Gasteiger partial charge < -0.3 is 19.9 Å². The van der Waals surface area contributed by atoms with Gasteiger partial charge in [0.25, 0.3) is 0 Å². The summed E-state index contributed by atoms with van der Waals surface area (Å²) in [6, 6.07) is 7.26. The number of ether oxygens (including phenoxy) is 1. The Balaban J connectivity index is 1.54. The molecule has 1 saturated carbocycles. The number of carbonyl (C=O) groups is 2. The van der Waals surface area contributed by atoms with Crippen LogP contribution in [-0.4, -0.2) is 61.4 Å². The Kier molecular flexibility index (Phi) is 5.08. The number of nitriles is 1. The zero-order valence-corrected chi connectivity index (χ0v) is 14.3. The third-order valence-corrected chi connectivity index (χ3v) is 4.65. The molecule has 0 bridgehead atoms. The monoisotopic (exact) mass is 342 g/mol. The summed E-state index contributed by atoms with van der Waals surface area (Å²) in [5, 5.41) is 12.2. The average molecular weight is 342 g/mol. The normalized spacial score (nSPS) is 17.0. The Labute approximate surface area is 147 Å². The number of hydrogen-bond donors (Lipinski definition) is 1. The minimum Gasteiger partial charge on any atom is -0.495 e. The highest BCUT2D eigenvalue weighted by atomic mass is 16.5. The van der Waals surface area contributed by atoms with Crippen molar-refractivity contribution in [2.75, 3.05) is 45.2 Å². The van der Waals surface area contributed by atoms with Gasteiger partial charge in [-0.15, -0.1) is 0 Å². The molecule has 7 nitrogen and oxygen atoms in total. The molecule has 1 aromatic carbocycles. The maximum absolute atomic E-state index is 12.4. The number of benzene rings is 1. The molecule has 25 heavy (non-hydrogen) atoms. The Morgan fingerprint density at radius 3 is 2.52 bits per heavy atom. The molecule has 0 atom stereocenters. The summed E-state index contributed by atoms with van der Waals surface area (Å²) in [6.07, 6.45) is 2.00. The van der Waals surface area contributed by atoms with Gasteiger partial charge in [0.2, 0.25) is 11.8 Å². The number of methoxy groups -OCH3 is 1. The minimum atomic E-state index is -0.0479. The molecular formula is C18H22N4O3. The van der Waals surface area contributed by atoms with Crippen molar-refractivity contribution in [3.63, 3.8) is 0 Å². The van der Waals surface area contributed by atoms with Crippen LogP contribution in [0.25, 0.3) is 0 Å². The van der Waals surface area contributed by atoms with Crippen LogP contribution >= 0.6 is 0 Å². The number of amides is 2. The number of carbonyl (C=O) groups excluding carboxylic acids is 2. The van der Waals surface area contributed by atoms with Crippen molar-refractivity contribution in [2.24, 2.45) is 5.92 Å². The fourth-order valence-electron chi connectivity index (χ4n) is 3.02. The predicted octanol–water partition coefficient (Wildman–Crippen LogP) is 1.06. The van der Waals surface area contributed by atoms with Crippen molar-refractivity contribution in [3.8, 4) is 11.8 Å². The first kappa shape index (κ1) is 17.1. The first-order chi connectivity index (χ1) is 12.1. The molecule has 1 aliphatic carbocycles. The molecule has 7 heteroatoms. The number of rotatable bonds is 5. The van der Waals surface area contributed by atoms with E-state index in [4.69, 9.17) is 4.74 Å². The van der Waals surface area contributed by atoms with E-state index in [0.29, 0.717) is 43.2 Å². The standard InChI is InChI=1S/C18H22N4O3/c1-25-15-4-2-3-14(11-19)17(15)20-12-16(23)21-7-9-22(10-8-21)18(24)13-5-6-13/h2-4,13,20H,5-10,12H2,1H3. The summed E-state index contributed by atoms with van der Waals surface area (Å²) in [4.78, 5) is 28.1. The topological polar surface area (TPSA) is 85.7 Å². The highest BCUT2D eigenvalue weighted by Gasteiger charge is 2.35. The van der Waals surface area contributed by atoms with E-state index in [1.54, 1.807) is 23.1 Å². The maximum Gasteiger partial charge on any atom is 0.241 e. The fourth-order valence-corrected chi connectivity index (χ4v) is 3.02. The summed E-state index contributed by atoms with van der Waals surface area (Å²) in [7, 11) is 1.53. The van der Waals surface area contributed by atoms with Crippen LogP contribution in [0.4, 0.5) is 5.69 Å². The molecule has 1 saturated heterocycles. The van der Waals surface area contributed by atoms with Crippen LogP contribution in [0.3, 0.4) is 0 Å². The Bertz CT molecular complexity index is 701. The molecule has 0 spiro atoms. The largest absolute Gasteiger partial charge is 0.495 e. The van der Waals surface area contributed by atoms with Gasteiger partial charge in [0.1, 0.15) is 11.8 Å². The molecule has 1 heterocycles. The summed E-state index contributed by atoms with van der Waals surface area (Å²) >= 11 is 0. The van der Waals surface area contributed by atoms with E-state index < -0.39 is 0 Å². The van der Waals surface area contributed by atoms with Gasteiger partial charge in [-0.05, 0) is 25.0 Å².